The Hall–Kier alpha value is -1.33. The highest BCUT2D eigenvalue weighted by atomic mass is 32.1. The zero-order valence-corrected chi connectivity index (χ0v) is 11.4. The second-order valence-corrected chi connectivity index (χ2v) is 5.87. The lowest BCUT2D eigenvalue weighted by Crippen LogP contribution is -2.17. The first kappa shape index (κ1) is 12.7. The fourth-order valence-electron chi connectivity index (χ4n) is 1.93. The van der Waals surface area contributed by atoms with Gasteiger partial charge in [-0.3, -0.25) is 0 Å². The summed E-state index contributed by atoms with van der Waals surface area (Å²) in [6.07, 6.45) is 4.60. The lowest BCUT2D eigenvalue weighted by Gasteiger charge is -1.99. The Bertz CT molecular complexity index is 551. The number of rotatable bonds is 6. The van der Waals surface area contributed by atoms with Crippen LogP contribution in [-0.2, 0) is 6.42 Å². The zero-order chi connectivity index (χ0) is 13.1. The molecule has 1 fully saturated rings. The van der Waals surface area contributed by atoms with Crippen LogP contribution < -0.4 is 5.32 Å². The summed E-state index contributed by atoms with van der Waals surface area (Å²) in [7, 11) is 0. The minimum atomic E-state index is -0.236. The van der Waals surface area contributed by atoms with E-state index in [0.717, 1.165) is 30.4 Å². The summed E-state index contributed by atoms with van der Waals surface area (Å²) >= 11 is 1.48. The van der Waals surface area contributed by atoms with Crippen LogP contribution in [0.2, 0.25) is 0 Å². The van der Waals surface area contributed by atoms with Crippen LogP contribution >= 0.6 is 11.3 Å². The molecule has 0 atom stereocenters. The normalized spacial score (nSPS) is 14.8. The molecule has 3 nitrogen and oxygen atoms in total. The molecule has 0 bridgehead atoms. The molecule has 1 aliphatic rings. The van der Waals surface area contributed by atoms with Crippen LogP contribution in [0.4, 0.5) is 4.39 Å². The smallest absolute Gasteiger partial charge is 0.150 e. The van der Waals surface area contributed by atoms with Crippen LogP contribution in [0.25, 0.3) is 10.6 Å². The Balaban J connectivity index is 1.57. The maximum atomic E-state index is 13.6. The summed E-state index contributed by atoms with van der Waals surface area (Å²) in [5.74, 6) is -0.236. The van der Waals surface area contributed by atoms with Gasteiger partial charge in [0.2, 0.25) is 0 Å². The van der Waals surface area contributed by atoms with E-state index in [4.69, 9.17) is 0 Å². The van der Waals surface area contributed by atoms with Crippen molar-refractivity contribution in [3.05, 3.63) is 35.1 Å². The number of aromatic nitrogens is 2. The zero-order valence-electron chi connectivity index (χ0n) is 10.6. The Morgan fingerprint density at radius 2 is 2.11 bits per heavy atom. The predicted molar refractivity (Wildman–Crippen MR) is 74.6 cm³/mol. The number of nitrogens with zero attached hydrogens (tertiary/aromatic N) is 2. The average Bonchev–Trinajstić information content (AvgIpc) is 3.13. The van der Waals surface area contributed by atoms with Gasteiger partial charge in [0.15, 0.2) is 5.01 Å². The molecule has 1 N–H and O–H groups in total. The van der Waals surface area contributed by atoms with Crippen LogP contribution in [-0.4, -0.2) is 22.8 Å². The van der Waals surface area contributed by atoms with E-state index < -0.39 is 0 Å². The summed E-state index contributed by atoms with van der Waals surface area (Å²) in [4.78, 5) is 0. The van der Waals surface area contributed by atoms with Crippen LogP contribution in [0, 0.1) is 5.82 Å². The second-order valence-electron chi connectivity index (χ2n) is 4.81. The summed E-state index contributed by atoms with van der Waals surface area (Å²) in [5.41, 5.74) is 0.544. The van der Waals surface area contributed by atoms with Gasteiger partial charge in [0.05, 0.1) is 0 Å². The van der Waals surface area contributed by atoms with Crippen molar-refractivity contribution in [1.82, 2.24) is 15.5 Å². The van der Waals surface area contributed by atoms with Gasteiger partial charge in [-0.05, 0) is 37.9 Å². The molecule has 5 heteroatoms. The van der Waals surface area contributed by atoms with E-state index in [2.05, 4.69) is 15.5 Å². The van der Waals surface area contributed by atoms with Crippen molar-refractivity contribution in [2.45, 2.75) is 31.7 Å². The number of hydrogen-bond donors (Lipinski definition) is 1. The Morgan fingerprint density at radius 3 is 2.89 bits per heavy atom. The van der Waals surface area contributed by atoms with Crippen LogP contribution in [0.3, 0.4) is 0 Å². The summed E-state index contributed by atoms with van der Waals surface area (Å²) in [6, 6.07) is 7.46. The molecule has 100 valence electrons. The second kappa shape index (κ2) is 5.75. The van der Waals surface area contributed by atoms with E-state index in [1.54, 1.807) is 12.1 Å². The largest absolute Gasteiger partial charge is 0.314 e. The van der Waals surface area contributed by atoms with E-state index >= 15 is 0 Å². The fourth-order valence-corrected chi connectivity index (χ4v) is 2.84. The maximum absolute atomic E-state index is 13.6. The highest BCUT2D eigenvalue weighted by Crippen LogP contribution is 2.26. The third-order valence-electron chi connectivity index (χ3n) is 3.15. The molecule has 0 saturated heterocycles. The van der Waals surface area contributed by atoms with E-state index in [0.29, 0.717) is 10.6 Å². The van der Waals surface area contributed by atoms with Gasteiger partial charge in [-0.2, -0.15) is 0 Å². The number of benzene rings is 1. The monoisotopic (exact) mass is 277 g/mol. The van der Waals surface area contributed by atoms with Crippen LogP contribution in [0.1, 0.15) is 24.3 Å². The first-order chi connectivity index (χ1) is 9.33. The molecule has 0 radical (unpaired) electrons. The number of hydrogen-bond acceptors (Lipinski definition) is 4. The molecular weight excluding hydrogens is 261 g/mol. The van der Waals surface area contributed by atoms with Gasteiger partial charge in [0.25, 0.3) is 0 Å². The van der Waals surface area contributed by atoms with Gasteiger partial charge in [-0.1, -0.05) is 23.5 Å². The van der Waals surface area contributed by atoms with Crippen LogP contribution in [0.5, 0.6) is 0 Å². The van der Waals surface area contributed by atoms with Gasteiger partial charge in [-0.25, -0.2) is 4.39 Å². The molecule has 1 aliphatic carbocycles. The Labute approximate surface area is 115 Å². The fraction of sp³-hybridized carbons (Fsp3) is 0.429. The summed E-state index contributed by atoms with van der Waals surface area (Å²) < 4.78 is 13.6. The van der Waals surface area contributed by atoms with Crippen molar-refractivity contribution in [1.29, 1.82) is 0 Å². The van der Waals surface area contributed by atoms with E-state index in [1.165, 1.54) is 30.2 Å². The number of halogens is 1. The highest BCUT2D eigenvalue weighted by Gasteiger charge is 2.19. The van der Waals surface area contributed by atoms with E-state index in [1.807, 2.05) is 6.07 Å². The van der Waals surface area contributed by atoms with Gasteiger partial charge >= 0.3 is 0 Å². The molecule has 1 aromatic carbocycles. The Morgan fingerprint density at radius 1 is 1.26 bits per heavy atom. The minimum Gasteiger partial charge on any atom is -0.314 e. The molecule has 0 spiro atoms. The maximum Gasteiger partial charge on any atom is 0.150 e. The van der Waals surface area contributed by atoms with Gasteiger partial charge in [0.1, 0.15) is 10.8 Å². The average molecular weight is 277 g/mol. The molecule has 3 rings (SSSR count). The van der Waals surface area contributed by atoms with E-state index in [9.17, 15) is 4.39 Å². The van der Waals surface area contributed by atoms with E-state index in [-0.39, 0.29) is 5.82 Å². The SMILES string of the molecule is Fc1ccccc1-c1nnc(CCCNC2CC2)s1. The third kappa shape index (κ3) is 3.36. The van der Waals surface area contributed by atoms with Crippen molar-refractivity contribution in [3.8, 4) is 10.6 Å². The molecule has 2 aromatic rings. The predicted octanol–water partition coefficient (Wildman–Crippen LogP) is 3.03. The minimum absolute atomic E-state index is 0.236. The molecule has 0 aliphatic heterocycles. The van der Waals surface area contributed by atoms with Gasteiger partial charge < -0.3 is 5.32 Å². The molecular formula is C14H16FN3S. The quantitative estimate of drug-likeness (QED) is 0.825. The highest BCUT2D eigenvalue weighted by molar-refractivity contribution is 7.14. The standard InChI is InChI=1S/C14H16FN3S/c15-12-5-2-1-4-11(12)14-18-17-13(19-14)6-3-9-16-10-7-8-10/h1-2,4-5,10,16H,3,6-9H2. The lowest BCUT2D eigenvalue weighted by molar-refractivity contribution is 0.631. The lowest BCUT2D eigenvalue weighted by atomic mass is 10.2. The van der Waals surface area contributed by atoms with Crippen molar-refractivity contribution < 1.29 is 4.39 Å². The molecule has 0 amide bonds. The number of aryl methyl sites for hydroxylation is 1. The van der Waals surface area contributed by atoms with Crippen molar-refractivity contribution in [3.63, 3.8) is 0 Å². The first-order valence-electron chi connectivity index (χ1n) is 6.63. The number of nitrogens with one attached hydrogen (secondary N) is 1. The molecule has 1 saturated carbocycles. The molecule has 1 aromatic heterocycles. The topological polar surface area (TPSA) is 37.8 Å². The van der Waals surface area contributed by atoms with Crippen molar-refractivity contribution >= 4 is 11.3 Å². The van der Waals surface area contributed by atoms with Gasteiger partial charge in [0, 0.05) is 18.0 Å². The molecule has 19 heavy (non-hydrogen) atoms. The van der Waals surface area contributed by atoms with Gasteiger partial charge in [-0.15, -0.1) is 10.2 Å². The third-order valence-corrected chi connectivity index (χ3v) is 4.17. The van der Waals surface area contributed by atoms with Crippen LogP contribution in [0.15, 0.2) is 24.3 Å². The molecule has 0 unspecified atom stereocenters. The summed E-state index contributed by atoms with van der Waals surface area (Å²) in [5, 5.41) is 13.3. The summed E-state index contributed by atoms with van der Waals surface area (Å²) in [6.45, 7) is 1.03. The first-order valence-corrected chi connectivity index (χ1v) is 7.45. The molecule has 1 heterocycles. The Kier molecular flexibility index (Phi) is 3.84. The van der Waals surface area contributed by atoms with Crippen molar-refractivity contribution in [2.24, 2.45) is 0 Å². The van der Waals surface area contributed by atoms with Crippen molar-refractivity contribution in [2.75, 3.05) is 6.54 Å².